The van der Waals surface area contributed by atoms with Crippen LogP contribution in [0.2, 0.25) is 0 Å². The molecular weight excluding hydrogens is 152 g/mol. The van der Waals surface area contributed by atoms with Gasteiger partial charge in [0, 0.05) is 0 Å². The van der Waals surface area contributed by atoms with Crippen molar-refractivity contribution in [2.45, 2.75) is 25.7 Å². The van der Waals surface area contributed by atoms with Gasteiger partial charge in [0.25, 0.3) is 0 Å². The predicted octanol–water partition coefficient (Wildman–Crippen LogP) is 1.97. The summed E-state index contributed by atoms with van der Waals surface area (Å²) >= 11 is 0. The van der Waals surface area contributed by atoms with E-state index in [1.165, 1.54) is 24.8 Å². The van der Waals surface area contributed by atoms with E-state index in [4.69, 9.17) is 5.11 Å². The van der Waals surface area contributed by atoms with Crippen molar-refractivity contribution >= 4 is 5.97 Å². The molecule has 64 valence electrons. The second kappa shape index (κ2) is 2.80. The molecule has 2 aliphatic rings. The van der Waals surface area contributed by atoms with E-state index in [1.807, 2.05) is 0 Å². The van der Waals surface area contributed by atoms with Gasteiger partial charge in [-0.2, -0.15) is 0 Å². The first-order valence-electron chi connectivity index (χ1n) is 4.44. The van der Waals surface area contributed by atoms with Gasteiger partial charge in [-0.3, -0.25) is 0 Å². The van der Waals surface area contributed by atoms with Gasteiger partial charge < -0.3 is 5.11 Å². The minimum Gasteiger partial charge on any atom is -0.478 e. The number of carboxylic acid groups (broad SMARTS) is 1. The Balaban J connectivity index is 2.16. The molecular formula is C10H12O2. The summed E-state index contributed by atoms with van der Waals surface area (Å²) in [7, 11) is 0. The molecule has 0 radical (unpaired) electrons. The molecule has 2 atom stereocenters. The second-order valence-electron chi connectivity index (χ2n) is 3.73. The molecule has 2 rings (SSSR count). The standard InChI is InChI=1S/C10H12O2/c11-10(12)4-3-9-6-7-1-2-8(9)5-7/h4,7-8H,1-2,5-6H2,(H,11,12). The number of carbonyl (C=O) groups is 1. The fraction of sp³-hybridized carbons (Fsp3) is 0.600. The highest BCUT2D eigenvalue weighted by Crippen LogP contribution is 2.47. The van der Waals surface area contributed by atoms with Crippen molar-refractivity contribution in [3.8, 4) is 0 Å². The molecule has 0 amide bonds. The first-order chi connectivity index (χ1) is 5.75. The fourth-order valence-corrected chi connectivity index (χ4v) is 2.39. The van der Waals surface area contributed by atoms with E-state index < -0.39 is 5.97 Å². The summed E-state index contributed by atoms with van der Waals surface area (Å²) in [6, 6.07) is 0. The molecule has 0 aromatic rings. The monoisotopic (exact) mass is 164 g/mol. The highest BCUT2D eigenvalue weighted by molar-refractivity contribution is 5.79. The van der Waals surface area contributed by atoms with Crippen molar-refractivity contribution in [2.75, 3.05) is 0 Å². The average molecular weight is 164 g/mol. The Hall–Kier alpha value is -1.01. The number of aliphatic carboxylic acids is 1. The molecule has 0 heterocycles. The summed E-state index contributed by atoms with van der Waals surface area (Å²) in [6.07, 6.45) is 6.10. The summed E-state index contributed by atoms with van der Waals surface area (Å²) in [5.74, 6) is 0.607. The zero-order valence-corrected chi connectivity index (χ0v) is 6.92. The first-order valence-corrected chi connectivity index (χ1v) is 4.44. The molecule has 0 aromatic carbocycles. The van der Waals surface area contributed by atoms with Gasteiger partial charge in [0.2, 0.25) is 0 Å². The lowest BCUT2D eigenvalue weighted by Gasteiger charge is -2.09. The van der Waals surface area contributed by atoms with Crippen LogP contribution in [-0.2, 0) is 4.79 Å². The molecule has 2 aliphatic carbocycles. The summed E-state index contributed by atoms with van der Waals surface area (Å²) in [5, 5.41) is 8.41. The molecule has 2 saturated carbocycles. The van der Waals surface area contributed by atoms with E-state index >= 15 is 0 Å². The number of rotatable bonds is 1. The summed E-state index contributed by atoms with van der Waals surface area (Å²) in [4.78, 5) is 10.2. The van der Waals surface area contributed by atoms with Gasteiger partial charge in [-0.15, -0.1) is 5.73 Å². The largest absolute Gasteiger partial charge is 0.478 e. The van der Waals surface area contributed by atoms with Crippen LogP contribution in [0, 0.1) is 11.8 Å². The molecule has 0 aromatic heterocycles. The zero-order chi connectivity index (χ0) is 8.55. The summed E-state index contributed by atoms with van der Waals surface area (Å²) in [6.45, 7) is 0. The molecule has 2 nitrogen and oxygen atoms in total. The average Bonchev–Trinajstić information content (AvgIpc) is 2.60. The second-order valence-corrected chi connectivity index (χ2v) is 3.73. The summed E-state index contributed by atoms with van der Waals surface area (Å²) < 4.78 is 0. The van der Waals surface area contributed by atoms with E-state index in [-0.39, 0.29) is 0 Å². The van der Waals surface area contributed by atoms with Gasteiger partial charge in [0.05, 0.1) is 6.08 Å². The molecule has 1 N–H and O–H groups in total. The van der Waals surface area contributed by atoms with E-state index in [9.17, 15) is 4.79 Å². The SMILES string of the molecule is O=C(O)C=C=C1CC2CCC1C2. The van der Waals surface area contributed by atoms with Crippen LogP contribution in [0.3, 0.4) is 0 Å². The highest BCUT2D eigenvalue weighted by Gasteiger charge is 2.35. The van der Waals surface area contributed by atoms with Crippen LogP contribution in [-0.4, -0.2) is 11.1 Å². The molecule has 2 unspecified atom stereocenters. The molecule has 2 fully saturated rings. The summed E-state index contributed by atoms with van der Waals surface area (Å²) in [5.41, 5.74) is 4.15. The zero-order valence-electron chi connectivity index (χ0n) is 6.92. The third kappa shape index (κ3) is 1.30. The van der Waals surface area contributed by atoms with Crippen molar-refractivity contribution in [3.05, 3.63) is 17.4 Å². The van der Waals surface area contributed by atoms with E-state index in [2.05, 4.69) is 5.73 Å². The highest BCUT2D eigenvalue weighted by atomic mass is 16.4. The van der Waals surface area contributed by atoms with Crippen molar-refractivity contribution < 1.29 is 9.90 Å². The predicted molar refractivity (Wildman–Crippen MR) is 44.7 cm³/mol. The van der Waals surface area contributed by atoms with Crippen molar-refractivity contribution in [3.63, 3.8) is 0 Å². The lowest BCUT2D eigenvalue weighted by Crippen LogP contribution is -1.96. The maximum atomic E-state index is 10.2. The quantitative estimate of drug-likeness (QED) is 0.475. The van der Waals surface area contributed by atoms with E-state index in [1.54, 1.807) is 0 Å². The van der Waals surface area contributed by atoms with Gasteiger partial charge in [-0.25, -0.2) is 4.79 Å². The molecule has 2 heteroatoms. The van der Waals surface area contributed by atoms with Crippen LogP contribution in [0.4, 0.5) is 0 Å². The Morgan fingerprint density at radius 1 is 1.58 bits per heavy atom. The topological polar surface area (TPSA) is 37.3 Å². The Kier molecular flexibility index (Phi) is 1.78. The minimum absolute atomic E-state index is 0.658. The van der Waals surface area contributed by atoms with Gasteiger partial charge in [-0.1, -0.05) is 0 Å². The van der Waals surface area contributed by atoms with Crippen LogP contribution < -0.4 is 0 Å². The van der Waals surface area contributed by atoms with E-state index in [0.29, 0.717) is 5.92 Å². The van der Waals surface area contributed by atoms with Gasteiger partial charge in [0.1, 0.15) is 0 Å². The molecule has 0 spiro atoms. The van der Waals surface area contributed by atoms with Gasteiger partial charge >= 0.3 is 5.97 Å². The minimum atomic E-state index is -0.884. The lowest BCUT2D eigenvalue weighted by molar-refractivity contribution is -0.131. The fourth-order valence-electron chi connectivity index (χ4n) is 2.39. The van der Waals surface area contributed by atoms with Crippen molar-refractivity contribution in [1.29, 1.82) is 0 Å². The third-order valence-corrected chi connectivity index (χ3v) is 2.92. The van der Waals surface area contributed by atoms with Gasteiger partial charge in [0.15, 0.2) is 0 Å². The van der Waals surface area contributed by atoms with Gasteiger partial charge in [-0.05, 0) is 43.1 Å². The molecule has 2 bridgehead atoms. The molecule has 12 heavy (non-hydrogen) atoms. The van der Waals surface area contributed by atoms with Crippen molar-refractivity contribution in [2.24, 2.45) is 11.8 Å². The normalized spacial score (nSPS) is 31.8. The maximum absolute atomic E-state index is 10.2. The van der Waals surface area contributed by atoms with Crippen LogP contribution in [0.1, 0.15) is 25.7 Å². The Morgan fingerprint density at radius 3 is 2.92 bits per heavy atom. The lowest BCUT2D eigenvalue weighted by atomic mass is 9.95. The van der Waals surface area contributed by atoms with Crippen LogP contribution >= 0.6 is 0 Å². The van der Waals surface area contributed by atoms with E-state index in [0.717, 1.165) is 18.4 Å². The van der Waals surface area contributed by atoms with Crippen molar-refractivity contribution in [1.82, 2.24) is 0 Å². The smallest absolute Gasteiger partial charge is 0.336 e. The maximum Gasteiger partial charge on any atom is 0.336 e. The van der Waals surface area contributed by atoms with Crippen LogP contribution in [0.15, 0.2) is 17.4 Å². The van der Waals surface area contributed by atoms with Crippen LogP contribution in [0.5, 0.6) is 0 Å². The number of hydrogen-bond donors (Lipinski definition) is 1. The number of carboxylic acids is 1. The third-order valence-electron chi connectivity index (χ3n) is 2.92. The Morgan fingerprint density at radius 2 is 2.42 bits per heavy atom. The number of fused-ring (bicyclic) bond motifs is 2. The molecule has 0 saturated heterocycles. The first kappa shape index (κ1) is 7.63. The van der Waals surface area contributed by atoms with Crippen LogP contribution in [0.25, 0.3) is 0 Å². The molecule has 0 aliphatic heterocycles. The number of hydrogen-bond acceptors (Lipinski definition) is 1. The Bertz CT molecular complexity index is 272. The Labute approximate surface area is 71.6 Å².